The Hall–Kier alpha value is -2.71. The number of fused-ring (bicyclic) bond motifs is 4. The van der Waals surface area contributed by atoms with Crippen molar-refractivity contribution in [2.45, 2.75) is 104 Å². The molecule has 1 saturated carbocycles. The fourth-order valence-electron chi connectivity index (χ4n) is 9.15. The molecule has 0 spiro atoms. The van der Waals surface area contributed by atoms with Gasteiger partial charge in [-0.3, -0.25) is 14.4 Å². The van der Waals surface area contributed by atoms with E-state index in [-0.39, 0.29) is 41.2 Å². The molecule has 0 amide bonds. The molecule has 7 nitrogen and oxygen atoms in total. The third-order valence-electron chi connectivity index (χ3n) is 12.4. The van der Waals surface area contributed by atoms with E-state index in [9.17, 15) is 14.4 Å². The van der Waals surface area contributed by atoms with Crippen molar-refractivity contribution >= 4 is 26.0 Å². The van der Waals surface area contributed by atoms with E-state index in [1.165, 1.54) is 24.3 Å². The Morgan fingerprint density at radius 3 is 2.33 bits per heavy atom. The number of ketones is 1. The first-order chi connectivity index (χ1) is 19.9. The van der Waals surface area contributed by atoms with Gasteiger partial charge in [0.15, 0.2) is 5.78 Å². The molecule has 0 N–H and O–H groups in total. The molecule has 1 aromatic carbocycles. The maximum atomic E-state index is 13.9. The lowest BCUT2D eigenvalue weighted by atomic mass is 9.42. The molecule has 0 unspecified atom stereocenters. The van der Waals surface area contributed by atoms with E-state index in [2.05, 4.69) is 72.0 Å². The summed E-state index contributed by atoms with van der Waals surface area (Å²) in [5, 5.41) is 0.107. The highest BCUT2D eigenvalue weighted by Gasteiger charge is 2.77. The lowest BCUT2D eigenvalue weighted by Gasteiger charge is -2.59. The number of hydrogen-bond donors (Lipinski definition) is 0. The fraction of sp³-hybridized carbons (Fsp3) is 0.629. The third-order valence-corrected chi connectivity index (χ3v) is 16.8. The molecular formula is C35H46O7Si. The van der Waals surface area contributed by atoms with Crippen molar-refractivity contribution in [1.29, 1.82) is 0 Å². The van der Waals surface area contributed by atoms with Gasteiger partial charge in [-0.2, -0.15) is 0 Å². The molecular weight excluding hydrogens is 560 g/mol. The topological polar surface area (TPSA) is 88.1 Å². The highest BCUT2D eigenvalue weighted by atomic mass is 28.4. The summed E-state index contributed by atoms with van der Waals surface area (Å²) in [6.45, 7) is 19.3. The molecule has 3 fully saturated rings. The molecule has 0 aromatic heterocycles. The Bertz CT molecular complexity index is 1450. The van der Waals surface area contributed by atoms with Crippen molar-refractivity contribution in [2.75, 3.05) is 7.11 Å². The Morgan fingerprint density at radius 2 is 1.72 bits per heavy atom. The fourth-order valence-corrected chi connectivity index (χ4v) is 10.2. The van der Waals surface area contributed by atoms with Crippen LogP contribution in [-0.2, 0) is 28.6 Å². The first-order valence-electron chi connectivity index (χ1n) is 15.6. The number of carbonyl (C=O) groups excluding carboxylic acids is 3. The molecule has 1 aromatic rings. The number of carbonyl (C=O) groups is 3. The second kappa shape index (κ2) is 9.40. The van der Waals surface area contributed by atoms with Crippen LogP contribution in [0.25, 0.3) is 0 Å². The molecule has 3 aliphatic carbocycles. The number of esters is 2. The van der Waals surface area contributed by atoms with Crippen LogP contribution < -0.4 is 4.43 Å². The van der Waals surface area contributed by atoms with Gasteiger partial charge in [0, 0.05) is 22.7 Å². The SMILES string of the molecule is COC(=O)C[C@H]1[C@]2(C)C3=C(C)[C@@H](c4ccc(O[Si](C)(C)C(C)(C)C)cc4)C[C@H]3O[C@@H]2[C@@H]2OC(=O)[C@]3(C)C=CC(=O)[C@@]1(C)[C@@H]23. The number of methoxy groups -OCH3 is 1. The van der Waals surface area contributed by atoms with Gasteiger partial charge >= 0.3 is 11.9 Å². The summed E-state index contributed by atoms with van der Waals surface area (Å²) < 4.78 is 24.7. The van der Waals surface area contributed by atoms with E-state index in [1.807, 2.05) is 13.8 Å². The van der Waals surface area contributed by atoms with Crippen molar-refractivity contribution in [1.82, 2.24) is 0 Å². The van der Waals surface area contributed by atoms with Crippen LogP contribution in [0.15, 0.2) is 47.6 Å². The van der Waals surface area contributed by atoms with E-state index in [4.69, 9.17) is 18.6 Å². The first-order valence-corrected chi connectivity index (χ1v) is 18.5. The van der Waals surface area contributed by atoms with Gasteiger partial charge in [-0.1, -0.05) is 58.4 Å². The number of rotatable bonds is 5. The van der Waals surface area contributed by atoms with Crippen LogP contribution >= 0.6 is 0 Å². The molecule has 2 saturated heterocycles. The molecule has 0 radical (unpaired) electrons. The molecule has 9 atom stereocenters. The minimum absolute atomic E-state index is 0.0596. The van der Waals surface area contributed by atoms with Crippen molar-refractivity contribution in [3.05, 3.63) is 53.1 Å². The minimum Gasteiger partial charge on any atom is -0.544 e. The summed E-state index contributed by atoms with van der Waals surface area (Å²) in [5.74, 6) is -0.611. The molecule has 2 heterocycles. The molecule has 232 valence electrons. The second-order valence-corrected chi connectivity index (χ2v) is 20.3. The molecule has 2 aliphatic heterocycles. The Morgan fingerprint density at radius 1 is 1.07 bits per heavy atom. The zero-order chi connectivity index (χ0) is 31.5. The van der Waals surface area contributed by atoms with E-state index >= 15 is 0 Å². The molecule has 5 aliphatic rings. The van der Waals surface area contributed by atoms with Gasteiger partial charge in [0.05, 0.1) is 25.0 Å². The van der Waals surface area contributed by atoms with Crippen LogP contribution in [-0.4, -0.2) is 51.5 Å². The predicted octanol–water partition coefficient (Wildman–Crippen LogP) is 6.53. The molecule has 0 bridgehead atoms. The highest BCUT2D eigenvalue weighted by molar-refractivity contribution is 6.74. The maximum Gasteiger partial charge on any atom is 0.316 e. The summed E-state index contributed by atoms with van der Waals surface area (Å²) >= 11 is 0. The highest BCUT2D eigenvalue weighted by Crippen LogP contribution is 2.72. The Labute approximate surface area is 256 Å². The van der Waals surface area contributed by atoms with Crippen LogP contribution in [0, 0.1) is 28.1 Å². The van der Waals surface area contributed by atoms with Gasteiger partial charge in [-0.15, -0.1) is 0 Å². The van der Waals surface area contributed by atoms with E-state index in [0.29, 0.717) is 0 Å². The number of ether oxygens (including phenoxy) is 3. The van der Waals surface area contributed by atoms with Crippen molar-refractivity contribution < 1.29 is 33.0 Å². The number of benzene rings is 1. The van der Waals surface area contributed by atoms with Crippen LogP contribution in [0.5, 0.6) is 5.75 Å². The van der Waals surface area contributed by atoms with Crippen molar-refractivity contribution in [2.24, 2.45) is 28.1 Å². The summed E-state index contributed by atoms with van der Waals surface area (Å²) in [6.07, 6.45) is 2.83. The number of allylic oxidation sites excluding steroid dienone is 2. The van der Waals surface area contributed by atoms with Crippen LogP contribution in [0.4, 0.5) is 0 Å². The normalized spacial score (nSPS) is 39.8. The third kappa shape index (κ3) is 3.97. The monoisotopic (exact) mass is 606 g/mol. The van der Waals surface area contributed by atoms with Crippen molar-refractivity contribution in [3.63, 3.8) is 0 Å². The van der Waals surface area contributed by atoms with Crippen LogP contribution in [0.2, 0.25) is 18.1 Å². The van der Waals surface area contributed by atoms with Gasteiger partial charge < -0.3 is 18.6 Å². The van der Waals surface area contributed by atoms with E-state index in [0.717, 1.165) is 17.7 Å². The largest absolute Gasteiger partial charge is 0.544 e. The van der Waals surface area contributed by atoms with Gasteiger partial charge in [0.2, 0.25) is 8.32 Å². The quantitative estimate of drug-likeness (QED) is 0.214. The Balaban J connectivity index is 1.42. The van der Waals surface area contributed by atoms with Gasteiger partial charge in [0.1, 0.15) is 18.0 Å². The lowest BCUT2D eigenvalue weighted by Crippen LogP contribution is -2.66. The van der Waals surface area contributed by atoms with Gasteiger partial charge in [0.25, 0.3) is 0 Å². The molecule has 43 heavy (non-hydrogen) atoms. The summed E-state index contributed by atoms with van der Waals surface area (Å²) in [5.41, 5.74) is 0.870. The maximum absolute atomic E-state index is 13.9. The Kier molecular flexibility index (Phi) is 6.63. The van der Waals surface area contributed by atoms with Gasteiger partial charge in [-0.25, -0.2) is 0 Å². The van der Waals surface area contributed by atoms with E-state index < -0.39 is 48.6 Å². The molecule has 6 rings (SSSR count). The van der Waals surface area contributed by atoms with Crippen molar-refractivity contribution in [3.8, 4) is 5.75 Å². The summed E-state index contributed by atoms with van der Waals surface area (Å²) in [6, 6.07) is 8.46. The second-order valence-electron chi connectivity index (χ2n) is 15.6. The average molecular weight is 607 g/mol. The summed E-state index contributed by atoms with van der Waals surface area (Å²) in [4.78, 5) is 40.3. The standard InChI is InChI=1S/C35H46O7Si/c1-19-22(20-11-13-21(14-12-20)42-43(9,10)32(2,3)4)17-23-27(19)35(7)24(18-26(37)39-8)34(6)25(36)15-16-33(5)29(34)28(30(35)40-23)41-31(33)38/h11-16,22-24,28-30H,17-18H2,1-10H3/t22-,23+,24+,28+,29-,30+,33+,34-,35+/m0/s1. The number of hydrogen-bond acceptors (Lipinski definition) is 7. The molecule has 8 heteroatoms. The van der Waals surface area contributed by atoms with Crippen LogP contribution in [0.1, 0.15) is 72.8 Å². The average Bonchev–Trinajstić information content (AvgIpc) is 3.51. The summed E-state index contributed by atoms with van der Waals surface area (Å²) in [7, 11) is -0.578. The van der Waals surface area contributed by atoms with E-state index in [1.54, 1.807) is 6.08 Å². The lowest BCUT2D eigenvalue weighted by molar-refractivity contribution is -0.190. The smallest absolute Gasteiger partial charge is 0.316 e. The zero-order valence-corrected chi connectivity index (χ0v) is 28.2. The zero-order valence-electron chi connectivity index (χ0n) is 27.2. The predicted molar refractivity (Wildman–Crippen MR) is 165 cm³/mol. The van der Waals surface area contributed by atoms with Gasteiger partial charge in [-0.05, 0) is 73.7 Å². The van der Waals surface area contributed by atoms with Crippen LogP contribution in [0.3, 0.4) is 0 Å². The minimum atomic E-state index is -1.96. The first kappa shape index (κ1) is 30.3.